The van der Waals surface area contributed by atoms with Gasteiger partial charge in [-0.15, -0.1) is 0 Å². The molecule has 1 fully saturated rings. The number of amides is 1. The Labute approximate surface area is 134 Å². The normalized spacial score (nSPS) is 21.3. The molecule has 0 saturated carbocycles. The van der Waals surface area contributed by atoms with Gasteiger partial charge in [0, 0.05) is 36.3 Å². The second-order valence-electron chi connectivity index (χ2n) is 5.16. The molecule has 0 aliphatic carbocycles. The van der Waals surface area contributed by atoms with E-state index in [1.54, 1.807) is 12.3 Å². The number of carbonyl (C=O) groups excluding carboxylic acids is 1. The first-order valence-electron chi connectivity index (χ1n) is 7.44. The van der Waals surface area contributed by atoms with Crippen LogP contribution in [0.25, 0.3) is 0 Å². The maximum absolute atomic E-state index is 12.4. The molecule has 2 N–H and O–H groups in total. The number of halogens is 1. The number of aromatic nitrogens is 1. The molecule has 0 aromatic carbocycles. The van der Waals surface area contributed by atoms with Crippen molar-refractivity contribution in [1.82, 2.24) is 10.3 Å². The SMILES string of the molecule is CCNc1ncc(Br)cc1C(=O)NCC1CCOC1CC. The highest BCUT2D eigenvalue weighted by Crippen LogP contribution is 2.23. The summed E-state index contributed by atoms with van der Waals surface area (Å²) in [7, 11) is 0. The minimum absolute atomic E-state index is 0.0958. The summed E-state index contributed by atoms with van der Waals surface area (Å²) in [5.41, 5.74) is 0.568. The van der Waals surface area contributed by atoms with Crippen LogP contribution < -0.4 is 10.6 Å². The number of rotatable bonds is 6. The number of nitrogens with one attached hydrogen (secondary N) is 2. The van der Waals surface area contributed by atoms with E-state index in [4.69, 9.17) is 4.74 Å². The van der Waals surface area contributed by atoms with Crippen LogP contribution in [0.4, 0.5) is 5.82 Å². The molecule has 1 aliphatic heterocycles. The summed E-state index contributed by atoms with van der Waals surface area (Å²) in [5.74, 6) is 0.927. The van der Waals surface area contributed by atoms with Gasteiger partial charge in [0.2, 0.25) is 0 Å². The van der Waals surface area contributed by atoms with Crippen LogP contribution in [0.15, 0.2) is 16.7 Å². The molecule has 116 valence electrons. The zero-order valence-electron chi connectivity index (χ0n) is 12.5. The average molecular weight is 356 g/mol. The largest absolute Gasteiger partial charge is 0.378 e. The van der Waals surface area contributed by atoms with E-state index < -0.39 is 0 Å². The molecule has 2 rings (SSSR count). The molecule has 1 saturated heterocycles. The molecule has 0 bridgehead atoms. The third kappa shape index (κ3) is 4.17. The zero-order valence-corrected chi connectivity index (χ0v) is 14.1. The van der Waals surface area contributed by atoms with Gasteiger partial charge in [0.25, 0.3) is 5.91 Å². The average Bonchev–Trinajstić information content (AvgIpc) is 2.94. The van der Waals surface area contributed by atoms with Gasteiger partial charge in [-0.25, -0.2) is 4.98 Å². The van der Waals surface area contributed by atoms with E-state index in [0.717, 1.165) is 30.5 Å². The molecule has 2 unspecified atom stereocenters. The van der Waals surface area contributed by atoms with Crippen molar-refractivity contribution in [2.24, 2.45) is 5.92 Å². The number of pyridine rings is 1. The van der Waals surface area contributed by atoms with Gasteiger partial charge in [0.15, 0.2) is 0 Å². The van der Waals surface area contributed by atoms with Crippen LogP contribution >= 0.6 is 15.9 Å². The van der Waals surface area contributed by atoms with Crippen molar-refractivity contribution >= 4 is 27.7 Å². The van der Waals surface area contributed by atoms with Crippen molar-refractivity contribution in [3.05, 3.63) is 22.3 Å². The Morgan fingerprint density at radius 3 is 3.05 bits per heavy atom. The zero-order chi connectivity index (χ0) is 15.2. The lowest BCUT2D eigenvalue weighted by atomic mass is 9.99. The van der Waals surface area contributed by atoms with Gasteiger partial charge in [-0.2, -0.15) is 0 Å². The van der Waals surface area contributed by atoms with E-state index in [1.165, 1.54) is 0 Å². The van der Waals surface area contributed by atoms with Crippen LogP contribution in [-0.4, -0.2) is 36.7 Å². The summed E-state index contributed by atoms with van der Waals surface area (Å²) in [6, 6.07) is 1.79. The molecule has 2 atom stereocenters. The van der Waals surface area contributed by atoms with E-state index in [0.29, 0.717) is 23.8 Å². The fraction of sp³-hybridized carbons (Fsp3) is 0.600. The number of nitrogens with zero attached hydrogens (tertiary/aromatic N) is 1. The van der Waals surface area contributed by atoms with Crippen LogP contribution in [0.1, 0.15) is 37.0 Å². The summed E-state index contributed by atoms with van der Waals surface area (Å²) in [6.45, 7) is 6.26. The molecular formula is C15H22BrN3O2. The number of hydrogen-bond donors (Lipinski definition) is 2. The Bertz CT molecular complexity index is 496. The van der Waals surface area contributed by atoms with Crippen molar-refractivity contribution < 1.29 is 9.53 Å². The summed E-state index contributed by atoms with van der Waals surface area (Å²) in [6.07, 6.45) is 3.95. The van der Waals surface area contributed by atoms with Crippen molar-refractivity contribution in [1.29, 1.82) is 0 Å². The Morgan fingerprint density at radius 2 is 2.33 bits per heavy atom. The minimum Gasteiger partial charge on any atom is -0.378 e. The van der Waals surface area contributed by atoms with Crippen LogP contribution in [0.5, 0.6) is 0 Å². The van der Waals surface area contributed by atoms with E-state index in [1.807, 2.05) is 6.92 Å². The lowest BCUT2D eigenvalue weighted by Gasteiger charge is -2.18. The summed E-state index contributed by atoms with van der Waals surface area (Å²) >= 11 is 3.36. The summed E-state index contributed by atoms with van der Waals surface area (Å²) < 4.78 is 6.45. The maximum atomic E-state index is 12.4. The van der Waals surface area contributed by atoms with E-state index in [-0.39, 0.29) is 12.0 Å². The predicted molar refractivity (Wildman–Crippen MR) is 86.6 cm³/mol. The molecule has 1 aromatic heterocycles. The van der Waals surface area contributed by atoms with Gasteiger partial charge in [0.05, 0.1) is 11.7 Å². The molecule has 1 aliphatic rings. The van der Waals surface area contributed by atoms with E-state index in [2.05, 4.69) is 38.5 Å². The molecule has 2 heterocycles. The van der Waals surface area contributed by atoms with E-state index in [9.17, 15) is 4.79 Å². The Hall–Kier alpha value is -1.14. The first-order valence-corrected chi connectivity index (χ1v) is 8.24. The number of carbonyl (C=O) groups is 1. The second-order valence-corrected chi connectivity index (χ2v) is 6.07. The first-order chi connectivity index (χ1) is 10.2. The molecular weight excluding hydrogens is 334 g/mol. The number of anilines is 1. The molecule has 6 heteroatoms. The van der Waals surface area contributed by atoms with Crippen molar-refractivity contribution in [2.75, 3.05) is 25.0 Å². The highest BCUT2D eigenvalue weighted by atomic mass is 79.9. The molecule has 1 aromatic rings. The van der Waals surface area contributed by atoms with Crippen LogP contribution in [-0.2, 0) is 4.74 Å². The Balaban J connectivity index is 2.01. The van der Waals surface area contributed by atoms with Crippen molar-refractivity contribution in [3.63, 3.8) is 0 Å². The highest BCUT2D eigenvalue weighted by Gasteiger charge is 2.27. The molecule has 21 heavy (non-hydrogen) atoms. The Kier molecular flexibility index (Phi) is 5.99. The first kappa shape index (κ1) is 16.2. The molecule has 1 amide bonds. The molecule has 5 nitrogen and oxygen atoms in total. The van der Waals surface area contributed by atoms with Gasteiger partial charge in [-0.3, -0.25) is 4.79 Å². The number of ether oxygens (including phenoxy) is 1. The third-order valence-corrected chi connectivity index (χ3v) is 4.15. The number of hydrogen-bond acceptors (Lipinski definition) is 4. The maximum Gasteiger partial charge on any atom is 0.255 e. The second kappa shape index (κ2) is 7.75. The summed E-state index contributed by atoms with van der Waals surface area (Å²) in [4.78, 5) is 16.6. The fourth-order valence-electron chi connectivity index (χ4n) is 2.62. The van der Waals surface area contributed by atoms with Gasteiger partial charge in [-0.1, -0.05) is 6.92 Å². The molecule has 0 radical (unpaired) electrons. The predicted octanol–water partition coefficient (Wildman–Crippen LogP) is 2.82. The van der Waals surface area contributed by atoms with Crippen molar-refractivity contribution in [3.8, 4) is 0 Å². The van der Waals surface area contributed by atoms with Crippen LogP contribution in [0.2, 0.25) is 0 Å². The molecule has 0 spiro atoms. The van der Waals surface area contributed by atoms with Gasteiger partial charge >= 0.3 is 0 Å². The highest BCUT2D eigenvalue weighted by molar-refractivity contribution is 9.10. The lowest BCUT2D eigenvalue weighted by molar-refractivity contribution is 0.0827. The van der Waals surface area contributed by atoms with Crippen LogP contribution in [0, 0.1) is 5.92 Å². The topological polar surface area (TPSA) is 63.2 Å². The monoisotopic (exact) mass is 355 g/mol. The van der Waals surface area contributed by atoms with Gasteiger partial charge < -0.3 is 15.4 Å². The third-order valence-electron chi connectivity index (χ3n) is 3.72. The summed E-state index contributed by atoms with van der Waals surface area (Å²) in [5, 5.41) is 6.13. The smallest absolute Gasteiger partial charge is 0.255 e. The Morgan fingerprint density at radius 1 is 1.52 bits per heavy atom. The van der Waals surface area contributed by atoms with Crippen molar-refractivity contribution in [2.45, 2.75) is 32.8 Å². The standard InChI is InChI=1S/C15H22BrN3O2/c1-3-13-10(5-6-21-13)8-19-15(20)12-7-11(16)9-18-14(12)17-4-2/h7,9-10,13H,3-6,8H2,1-2H3,(H,17,18)(H,19,20). The van der Waals surface area contributed by atoms with E-state index >= 15 is 0 Å². The van der Waals surface area contributed by atoms with Crippen LogP contribution in [0.3, 0.4) is 0 Å². The fourth-order valence-corrected chi connectivity index (χ4v) is 2.95. The quantitative estimate of drug-likeness (QED) is 0.823. The lowest BCUT2D eigenvalue weighted by Crippen LogP contribution is -2.33. The van der Waals surface area contributed by atoms with Gasteiger partial charge in [-0.05, 0) is 41.8 Å². The minimum atomic E-state index is -0.0958. The van der Waals surface area contributed by atoms with Gasteiger partial charge in [0.1, 0.15) is 5.82 Å².